The lowest BCUT2D eigenvalue weighted by molar-refractivity contribution is 0.252. The molecule has 18 heavy (non-hydrogen) atoms. The predicted octanol–water partition coefficient (Wildman–Crippen LogP) is 3.32. The summed E-state index contributed by atoms with van der Waals surface area (Å²) in [6, 6.07) is 19.0. The van der Waals surface area contributed by atoms with Gasteiger partial charge in [0.25, 0.3) is 0 Å². The first-order chi connectivity index (χ1) is 8.88. The molecule has 0 saturated heterocycles. The Morgan fingerprint density at radius 1 is 1.00 bits per heavy atom. The molecule has 2 nitrogen and oxygen atoms in total. The SMILES string of the molecule is OC[C@@H]1C[C@H](c2ccccc2)Nc2ccccc21. The second-order valence-electron chi connectivity index (χ2n) is 4.81. The average Bonchev–Trinajstić information content (AvgIpc) is 2.47. The summed E-state index contributed by atoms with van der Waals surface area (Å²) in [6.45, 7) is 0.210. The first-order valence-corrected chi connectivity index (χ1v) is 6.40. The van der Waals surface area contributed by atoms with Gasteiger partial charge >= 0.3 is 0 Å². The molecule has 2 atom stereocenters. The van der Waals surface area contributed by atoms with Crippen molar-refractivity contribution in [3.05, 3.63) is 65.7 Å². The molecule has 0 unspecified atom stereocenters. The quantitative estimate of drug-likeness (QED) is 0.842. The third kappa shape index (κ3) is 2.00. The molecule has 0 spiro atoms. The summed E-state index contributed by atoms with van der Waals surface area (Å²) in [4.78, 5) is 0. The van der Waals surface area contributed by atoms with E-state index in [4.69, 9.17) is 0 Å². The van der Waals surface area contributed by atoms with Gasteiger partial charge in [-0.15, -0.1) is 0 Å². The summed E-state index contributed by atoms with van der Waals surface area (Å²) in [5, 5.41) is 13.1. The van der Waals surface area contributed by atoms with Crippen LogP contribution < -0.4 is 5.32 Å². The highest BCUT2D eigenvalue weighted by Gasteiger charge is 2.26. The van der Waals surface area contributed by atoms with Crippen molar-refractivity contribution in [1.29, 1.82) is 0 Å². The molecule has 1 heterocycles. The lowest BCUT2D eigenvalue weighted by Crippen LogP contribution is -2.23. The largest absolute Gasteiger partial charge is 0.396 e. The van der Waals surface area contributed by atoms with Crippen LogP contribution in [-0.2, 0) is 0 Å². The first kappa shape index (κ1) is 11.3. The number of hydrogen-bond donors (Lipinski definition) is 2. The van der Waals surface area contributed by atoms with E-state index in [0.29, 0.717) is 6.04 Å². The van der Waals surface area contributed by atoms with E-state index >= 15 is 0 Å². The minimum Gasteiger partial charge on any atom is -0.396 e. The molecule has 0 aliphatic carbocycles. The van der Waals surface area contributed by atoms with Crippen molar-refractivity contribution in [2.24, 2.45) is 0 Å². The molecule has 2 aromatic rings. The van der Waals surface area contributed by atoms with Gasteiger partial charge in [0.1, 0.15) is 0 Å². The minimum absolute atomic E-state index is 0.210. The van der Waals surface area contributed by atoms with Crippen molar-refractivity contribution in [1.82, 2.24) is 0 Å². The summed E-state index contributed by atoms with van der Waals surface area (Å²) in [5.41, 5.74) is 3.66. The van der Waals surface area contributed by atoms with Crippen LogP contribution in [0.3, 0.4) is 0 Å². The van der Waals surface area contributed by atoms with E-state index in [-0.39, 0.29) is 12.5 Å². The number of hydrogen-bond acceptors (Lipinski definition) is 2. The summed E-state index contributed by atoms with van der Waals surface area (Å²) >= 11 is 0. The maximum Gasteiger partial charge on any atom is 0.0520 e. The van der Waals surface area contributed by atoms with E-state index in [9.17, 15) is 5.11 Å². The van der Waals surface area contributed by atoms with Gasteiger partial charge in [0.15, 0.2) is 0 Å². The number of fused-ring (bicyclic) bond motifs is 1. The van der Waals surface area contributed by atoms with Gasteiger partial charge in [0.05, 0.1) is 12.6 Å². The van der Waals surface area contributed by atoms with Crippen LogP contribution in [-0.4, -0.2) is 11.7 Å². The smallest absolute Gasteiger partial charge is 0.0520 e. The molecule has 3 rings (SSSR count). The standard InChI is InChI=1S/C16H17NO/c18-11-13-10-16(12-6-2-1-3-7-12)17-15-9-5-4-8-14(13)15/h1-9,13,16-18H,10-11H2/t13-,16+/m0/s1. The number of para-hydroxylation sites is 1. The van der Waals surface area contributed by atoms with Crippen molar-refractivity contribution < 1.29 is 5.11 Å². The van der Waals surface area contributed by atoms with Crippen LogP contribution in [0.25, 0.3) is 0 Å². The van der Waals surface area contributed by atoms with Crippen LogP contribution in [0.4, 0.5) is 5.69 Å². The average molecular weight is 239 g/mol. The third-order valence-corrected chi connectivity index (χ3v) is 3.67. The Balaban J connectivity index is 1.95. The zero-order valence-electron chi connectivity index (χ0n) is 10.2. The van der Waals surface area contributed by atoms with E-state index in [1.807, 2.05) is 18.2 Å². The van der Waals surface area contributed by atoms with Crippen molar-refractivity contribution in [2.75, 3.05) is 11.9 Å². The van der Waals surface area contributed by atoms with E-state index < -0.39 is 0 Å². The Morgan fingerprint density at radius 3 is 2.50 bits per heavy atom. The number of aliphatic hydroxyl groups excluding tert-OH is 1. The van der Waals surface area contributed by atoms with Crippen molar-refractivity contribution in [3.63, 3.8) is 0 Å². The fraction of sp³-hybridized carbons (Fsp3) is 0.250. The second-order valence-corrected chi connectivity index (χ2v) is 4.81. The molecular formula is C16H17NO. The van der Waals surface area contributed by atoms with Gasteiger partial charge in [0, 0.05) is 11.6 Å². The molecule has 0 bridgehead atoms. The molecule has 2 N–H and O–H groups in total. The molecule has 0 amide bonds. The summed E-state index contributed by atoms with van der Waals surface area (Å²) < 4.78 is 0. The van der Waals surface area contributed by atoms with E-state index in [0.717, 1.165) is 12.1 Å². The van der Waals surface area contributed by atoms with Gasteiger partial charge in [-0.2, -0.15) is 0 Å². The molecule has 1 aliphatic heterocycles. The monoisotopic (exact) mass is 239 g/mol. The lowest BCUT2D eigenvalue weighted by Gasteiger charge is -2.32. The normalized spacial score (nSPS) is 22.1. The number of benzene rings is 2. The van der Waals surface area contributed by atoms with Gasteiger partial charge in [-0.1, -0.05) is 48.5 Å². The van der Waals surface area contributed by atoms with Crippen LogP contribution in [0, 0.1) is 0 Å². The van der Waals surface area contributed by atoms with E-state index in [1.54, 1.807) is 0 Å². The molecule has 0 radical (unpaired) electrons. The number of nitrogens with one attached hydrogen (secondary N) is 1. The van der Waals surface area contributed by atoms with Crippen LogP contribution in [0.2, 0.25) is 0 Å². The predicted molar refractivity (Wildman–Crippen MR) is 73.7 cm³/mol. The number of rotatable bonds is 2. The Kier molecular flexibility index (Phi) is 3.03. The lowest BCUT2D eigenvalue weighted by atomic mass is 9.85. The van der Waals surface area contributed by atoms with Gasteiger partial charge < -0.3 is 10.4 Å². The molecule has 2 aromatic carbocycles. The highest BCUT2D eigenvalue weighted by Crippen LogP contribution is 2.39. The fourth-order valence-corrected chi connectivity index (χ4v) is 2.72. The van der Waals surface area contributed by atoms with Crippen molar-refractivity contribution >= 4 is 5.69 Å². The summed E-state index contributed by atoms with van der Waals surface area (Å²) in [6.07, 6.45) is 0.942. The molecule has 1 aliphatic rings. The van der Waals surface area contributed by atoms with E-state index in [1.165, 1.54) is 11.1 Å². The number of aliphatic hydroxyl groups is 1. The third-order valence-electron chi connectivity index (χ3n) is 3.67. The van der Waals surface area contributed by atoms with Crippen LogP contribution in [0.1, 0.15) is 29.5 Å². The Bertz CT molecular complexity index is 524. The van der Waals surface area contributed by atoms with Crippen LogP contribution >= 0.6 is 0 Å². The molecule has 0 aromatic heterocycles. The fourth-order valence-electron chi connectivity index (χ4n) is 2.72. The molecule has 92 valence electrons. The zero-order chi connectivity index (χ0) is 12.4. The van der Waals surface area contributed by atoms with Gasteiger partial charge in [-0.25, -0.2) is 0 Å². The highest BCUT2D eigenvalue weighted by atomic mass is 16.3. The molecule has 0 fully saturated rings. The summed E-state index contributed by atoms with van der Waals surface area (Å²) in [5.74, 6) is 0.229. The summed E-state index contributed by atoms with van der Waals surface area (Å²) in [7, 11) is 0. The first-order valence-electron chi connectivity index (χ1n) is 6.40. The van der Waals surface area contributed by atoms with Crippen molar-refractivity contribution in [2.45, 2.75) is 18.4 Å². The van der Waals surface area contributed by atoms with Crippen LogP contribution in [0.15, 0.2) is 54.6 Å². The Morgan fingerprint density at radius 2 is 1.72 bits per heavy atom. The van der Waals surface area contributed by atoms with Crippen molar-refractivity contribution in [3.8, 4) is 0 Å². The number of anilines is 1. The van der Waals surface area contributed by atoms with Gasteiger partial charge in [0.2, 0.25) is 0 Å². The molecule has 0 saturated carbocycles. The van der Waals surface area contributed by atoms with Crippen LogP contribution in [0.5, 0.6) is 0 Å². The zero-order valence-corrected chi connectivity index (χ0v) is 10.2. The topological polar surface area (TPSA) is 32.3 Å². The van der Waals surface area contributed by atoms with E-state index in [2.05, 4.69) is 41.7 Å². The molecular weight excluding hydrogens is 222 g/mol. The maximum absolute atomic E-state index is 9.57. The molecule has 2 heteroatoms. The minimum atomic E-state index is 0.210. The van der Waals surface area contributed by atoms with Gasteiger partial charge in [-0.05, 0) is 23.6 Å². The van der Waals surface area contributed by atoms with Gasteiger partial charge in [-0.3, -0.25) is 0 Å². The highest BCUT2D eigenvalue weighted by molar-refractivity contribution is 5.56. The second kappa shape index (κ2) is 4.83. The Hall–Kier alpha value is -1.80. The maximum atomic E-state index is 9.57. The Labute approximate surface area is 107 Å².